The lowest BCUT2D eigenvalue weighted by atomic mass is 10.2. The van der Waals surface area contributed by atoms with Crippen molar-refractivity contribution in [3.05, 3.63) is 59.9 Å². The highest BCUT2D eigenvalue weighted by molar-refractivity contribution is 7.89. The number of ether oxygens (including phenoxy) is 1. The number of rotatable bonds is 6. The van der Waals surface area contributed by atoms with Gasteiger partial charge in [0.25, 0.3) is 5.91 Å². The molecule has 1 heterocycles. The fraction of sp³-hybridized carbons (Fsp3) is 0.333. The maximum absolute atomic E-state index is 14.3. The van der Waals surface area contributed by atoms with Crippen LogP contribution in [-0.2, 0) is 19.6 Å². The minimum atomic E-state index is -4.06. The van der Waals surface area contributed by atoms with Crippen molar-refractivity contribution in [1.29, 1.82) is 0 Å². The third-order valence-electron chi connectivity index (χ3n) is 4.79. The van der Waals surface area contributed by atoms with Crippen LogP contribution in [-0.4, -0.2) is 43.8 Å². The lowest BCUT2D eigenvalue weighted by Gasteiger charge is -2.26. The summed E-state index contributed by atoms with van der Waals surface area (Å²) >= 11 is 0. The Morgan fingerprint density at radius 2 is 1.73 bits per heavy atom. The Morgan fingerprint density at radius 1 is 1.07 bits per heavy atom. The molecule has 1 aliphatic rings. The molecule has 9 heteroatoms. The number of halogens is 1. The number of anilines is 1. The van der Waals surface area contributed by atoms with Gasteiger partial charge < -0.3 is 10.1 Å². The van der Waals surface area contributed by atoms with Crippen molar-refractivity contribution in [1.82, 2.24) is 4.31 Å². The van der Waals surface area contributed by atoms with Crippen LogP contribution in [0.15, 0.2) is 53.4 Å². The molecule has 1 fully saturated rings. The first kappa shape index (κ1) is 21.9. The van der Waals surface area contributed by atoms with Gasteiger partial charge in [-0.2, -0.15) is 4.31 Å². The van der Waals surface area contributed by atoms with Crippen LogP contribution < -0.4 is 5.32 Å². The van der Waals surface area contributed by atoms with E-state index in [2.05, 4.69) is 5.32 Å². The van der Waals surface area contributed by atoms with Gasteiger partial charge in [-0.15, -0.1) is 0 Å². The maximum atomic E-state index is 14.3. The Balaban J connectivity index is 1.73. The van der Waals surface area contributed by atoms with E-state index in [1.807, 2.05) is 0 Å². The van der Waals surface area contributed by atoms with Gasteiger partial charge in [0, 0.05) is 18.8 Å². The summed E-state index contributed by atoms with van der Waals surface area (Å²) in [5.74, 6) is -2.40. The Hall–Kier alpha value is -2.78. The summed E-state index contributed by atoms with van der Waals surface area (Å²) in [5, 5.41) is 2.61. The van der Waals surface area contributed by atoms with E-state index in [1.165, 1.54) is 11.2 Å². The number of piperidine rings is 1. The number of carbonyl (C=O) groups excluding carboxylic acids is 2. The molecule has 7 nitrogen and oxygen atoms in total. The fourth-order valence-corrected chi connectivity index (χ4v) is 4.73. The first-order valence-electron chi connectivity index (χ1n) is 9.65. The summed E-state index contributed by atoms with van der Waals surface area (Å²) < 4.78 is 46.2. The van der Waals surface area contributed by atoms with Gasteiger partial charge in [0.15, 0.2) is 6.10 Å². The SMILES string of the molecule is CC(OC(=O)c1ccc(F)c(S(=O)(=O)N2CCCCC2)c1)C(=O)Nc1ccccc1. The van der Waals surface area contributed by atoms with Gasteiger partial charge in [0.2, 0.25) is 10.0 Å². The fourth-order valence-electron chi connectivity index (χ4n) is 3.12. The average Bonchev–Trinajstić information content (AvgIpc) is 2.75. The van der Waals surface area contributed by atoms with Crippen LogP contribution in [0, 0.1) is 5.82 Å². The highest BCUT2D eigenvalue weighted by atomic mass is 32.2. The Labute approximate surface area is 174 Å². The van der Waals surface area contributed by atoms with E-state index < -0.39 is 38.7 Å². The number of sulfonamides is 1. The van der Waals surface area contributed by atoms with Gasteiger partial charge in [-0.3, -0.25) is 4.79 Å². The van der Waals surface area contributed by atoms with Gasteiger partial charge in [0.1, 0.15) is 10.7 Å². The summed E-state index contributed by atoms with van der Waals surface area (Å²) in [6.07, 6.45) is 1.20. The largest absolute Gasteiger partial charge is 0.449 e. The molecule has 1 unspecified atom stereocenters. The number of nitrogens with one attached hydrogen (secondary N) is 1. The van der Waals surface area contributed by atoms with Crippen LogP contribution in [0.3, 0.4) is 0 Å². The molecule has 30 heavy (non-hydrogen) atoms. The van der Waals surface area contributed by atoms with E-state index in [1.54, 1.807) is 30.3 Å². The third-order valence-corrected chi connectivity index (χ3v) is 6.71. The summed E-state index contributed by atoms with van der Waals surface area (Å²) in [5.41, 5.74) is 0.397. The number of esters is 1. The molecule has 2 aromatic rings. The molecule has 1 saturated heterocycles. The van der Waals surface area contributed by atoms with Crippen molar-refractivity contribution >= 4 is 27.6 Å². The molecular weight excluding hydrogens is 411 g/mol. The molecule has 1 atom stereocenters. The van der Waals surface area contributed by atoms with E-state index in [9.17, 15) is 22.4 Å². The normalized spacial score (nSPS) is 15.9. The van der Waals surface area contributed by atoms with Crippen LogP contribution >= 0.6 is 0 Å². The first-order valence-corrected chi connectivity index (χ1v) is 11.1. The number of hydrogen-bond acceptors (Lipinski definition) is 5. The molecule has 0 aliphatic carbocycles. The monoisotopic (exact) mass is 434 g/mol. The molecule has 3 rings (SSSR count). The van der Waals surface area contributed by atoms with E-state index in [0.717, 1.165) is 24.6 Å². The second kappa shape index (κ2) is 9.36. The molecule has 2 aromatic carbocycles. The van der Waals surface area contributed by atoms with Crippen molar-refractivity contribution in [3.8, 4) is 0 Å². The molecule has 1 amide bonds. The standard InChI is InChI=1S/C21H23FN2O5S/c1-15(20(25)23-17-8-4-2-5-9-17)29-21(26)16-10-11-18(22)19(14-16)30(27,28)24-12-6-3-7-13-24/h2,4-5,8-11,14-15H,3,6-7,12-13H2,1H3,(H,23,25). The molecular formula is C21H23FN2O5S. The first-order chi connectivity index (χ1) is 14.3. The lowest BCUT2D eigenvalue weighted by molar-refractivity contribution is -0.123. The summed E-state index contributed by atoms with van der Waals surface area (Å²) in [4.78, 5) is 24.1. The quantitative estimate of drug-likeness (QED) is 0.705. The molecule has 1 aliphatic heterocycles. The van der Waals surface area contributed by atoms with Gasteiger partial charge >= 0.3 is 5.97 Å². The zero-order valence-electron chi connectivity index (χ0n) is 16.5. The predicted octanol–water partition coefficient (Wildman–Crippen LogP) is 3.18. The Kier molecular flexibility index (Phi) is 6.84. The lowest BCUT2D eigenvalue weighted by Crippen LogP contribution is -2.36. The van der Waals surface area contributed by atoms with E-state index >= 15 is 0 Å². The molecule has 0 radical (unpaired) electrons. The van der Waals surface area contributed by atoms with Crippen LogP contribution in [0.1, 0.15) is 36.5 Å². The Morgan fingerprint density at radius 3 is 2.40 bits per heavy atom. The van der Waals surface area contributed by atoms with Crippen LogP contribution in [0.5, 0.6) is 0 Å². The maximum Gasteiger partial charge on any atom is 0.338 e. The summed E-state index contributed by atoms with van der Waals surface area (Å²) in [7, 11) is -4.06. The molecule has 0 aromatic heterocycles. The number of nitrogens with zero attached hydrogens (tertiary/aromatic N) is 1. The molecule has 0 bridgehead atoms. The van der Waals surface area contributed by atoms with Crippen molar-refractivity contribution in [3.63, 3.8) is 0 Å². The van der Waals surface area contributed by atoms with E-state index in [4.69, 9.17) is 4.74 Å². The van der Waals surface area contributed by atoms with Crippen molar-refractivity contribution in [2.24, 2.45) is 0 Å². The smallest absolute Gasteiger partial charge is 0.338 e. The highest BCUT2D eigenvalue weighted by Crippen LogP contribution is 2.24. The van der Waals surface area contributed by atoms with Crippen molar-refractivity contribution < 1.29 is 27.1 Å². The number of hydrogen-bond donors (Lipinski definition) is 1. The number of para-hydroxylation sites is 1. The molecule has 160 valence electrons. The Bertz CT molecular complexity index is 1020. The van der Waals surface area contributed by atoms with E-state index in [0.29, 0.717) is 31.6 Å². The zero-order chi connectivity index (χ0) is 21.7. The van der Waals surface area contributed by atoms with Crippen molar-refractivity contribution in [2.75, 3.05) is 18.4 Å². The van der Waals surface area contributed by atoms with Crippen LogP contribution in [0.25, 0.3) is 0 Å². The predicted molar refractivity (Wildman–Crippen MR) is 109 cm³/mol. The number of benzene rings is 2. The second-order valence-corrected chi connectivity index (χ2v) is 8.92. The highest BCUT2D eigenvalue weighted by Gasteiger charge is 2.30. The molecule has 1 N–H and O–H groups in total. The zero-order valence-corrected chi connectivity index (χ0v) is 17.3. The number of amides is 1. The van der Waals surface area contributed by atoms with Crippen molar-refractivity contribution in [2.45, 2.75) is 37.2 Å². The van der Waals surface area contributed by atoms with Gasteiger partial charge in [0.05, 0.1) is 5.56 Å². The van der Waals surface area contributed by atoms with Gasteiger partial charge in [-0.05, 0) is 50.1 Å². The number of carbonyl (C=O) groups is 2. The third kappa shape index (κ3) is 5.03. The summed E-state index contributed by atoms with van der Waals surface area (Å²) in [6, 6.07) is 11.7. The average molecular weight is 434 g/mol. The summed E-state index contributed by atoms with van der Waals surface area (Å²) in [6.45, 7) is 2.02. The minimum Gasteiger partial charge on any atom is -0.449 e. The molecule has 0 saturated carbocycles. The van der Waals surface area contributed by atoms with Crippen LogP contribution in [0.2, 0.25) is 0 Å². The van der Waals surface area contributed by atoms with Crippen LogP contribution in [0.4, 0.5) is 10.1 Å². The topological polar surface area (TPSA) is 92.8 Å². The van der Waals surface area contributed by atoms with Gasteiger partial charge in [-0.25, -0.2) is 17.6 Å². The van der Waals surface area contributed by atoms with E-state index in [-0.39, 0.29) is 5.56 Å². The molecule has 0 spiro atoms. The van der Waals surface area contributed by atoms with Gasteiger partial charge in [-0.1, -0.05) is 24.6 Å². The minimum absolute atomic E-state index is 0.147. The second-order valence-electron chi connectivity index (χ2n) is 7.01.